The minimum Gasteiger partial charge on any atom is -0.489 e. The van der Waals surface area contributed by atoms with Gasteiger partial charge in [-0.05, 0) is 54.6 Å². The number of rotatable bonds is 9. The molecule has 0 aliphatic heterocycles. The van der Waals surface area contributed by atoms with E-state index in [-0.39, 0.29) is 9.91 Å². The fourth-order valence-electron chi connectivity index (χ4n) is 2.28. The van der Waals surface area contributed by atoms with Crippen LogP contribution in [0.1, 0.15) is 20.8 Å². The van der Waals surface area contributed by atoms with Crippen LogP contribution in [0, 0.1) is 5.41 Å². The number of halogens is 2. The Bertz CT molecular complexity index is 823. The van der Waals surface area contributed by atoms with Crippen molar-refractivity contribution in [2.45, 2.75) is 20.8 Å². The minimum atomic E-state index is -0.125. The summed E-state index contributed by atoms with van der Waals surface area (Å²) >= 11 is 11.1. The molecule has 0 heterocycles. The maximum Gasteiger partial charge on any atom is 0.130 e. The molecular formula is C22H26Cl2N2O3. The molecule has 2 rings (SSSR count). The molecule has 1 N–H and O–H groups in total. The second-order valence-electron chi connectivity index (χ2n) is 7.24. The first-order valence-electron chi connectivity index (χ1n) is 9.12. The highest BCUT2D eigenvalue weighted by molar-refractivity contribution is 6.55. The molecule has 0 unspecified atom stereocenters. The Labute approximate surface area is 182 Å². The first-order chi connectivity index (χ1) is 13.8. The van der Waals surface area contributed by atoms with E-state index < -0.39 is 0 Å². The van der Waals surface area contributed by atoms with E-state index >= 15 is 0 Å². The van der Waals surface area contributed by atoms with Crippen molar-refractivity contribution in [3.8, 4) is 11.5 Å². The first-order valence-corrected chi connectivity index (χ1v) is 9.88. The molecule has 0 atom stereocenters. The van der Waals surface area contributed by atoms with Gasteiger partial charge < -0.3 is 19.6 Å². The van der Waals surface area contributed by atoms with Gasteiger partial charge in [0.25, 0.3) is 0 Å². The van der Waals surface area contributed by atoms with E-state index in [2.05, 4.69) is 31.2 Å². The zero-order chi connectivity index (χ0) is 21.3. The normalized spacial score (nSPS) is 11.6. The summed E-state index contributed by atoms with van der Waals surface area (Å²) in [7, 11) is 1.54. The SMILES string of the molecule is CON=C(COc1ccc(Nc2ccc(OCC=C(Cl)Cl)cc2)cc1)C(C)(C)C. The van der Waals surface area contributed by atoms with Crippen LogP contribution in [0.3, 0.4) is 0 Å². The van der Waals surface area contributed by atoms with E-state index in [9.17, 15) is 0 Å². The molecule has 0 spiro atoms. The third-order valence-corrected chi connectivity index (χ3v) is 4.24. The van der Waals surface area contributed by atoms with Crippen molar-refractivity contribution in [2.24, 2.45) is 10.6 Å². The summed E-state index contributed by atoms with van der Waals surface area (Å²) in [5.74, 6) is 1.50. The summed E-state index contributed by atoms with van der Waals surface area (Å²) in [5.41, 5.74) is 2.61. The van der Waals surface area contributed by atoms with Gasteiger partial charge in [-0.2, -0.15) is 0 Å². The molecule has 0 aromatic heterocycles. The zero-order valence-corrected chi connectivity index (χ0v) is 18.6. The Morgan fingerprint density at radius 2 is 1.45 bits per heavy atom. The summed E-state index contributed by atoms with van der Waals surface area (Å²) in [6.45, 7) is 6.90. The maximum atomic E-state index is 5.84. The molecule has 0 saturated carbocycles. The van der Waals surface area contributed by atoms with Crippen LogP contribution in [0.5, 0.6) is 11.5 Å². The first kappa shape index (κ1) is 22.9. The van der Waals surface area contributed by atoms with Gasteiger partial charge >= 0.3 is 0 Å². The van der Waals surface area contributed by atoms with Crippen LogP contribution in [-0.2, 0) is 4.84 Å². The number of ether oxygens (including phenoxy) is 2. The van der Waals surface area contributed by atoms with Gasteiger partial charge in [0.2, 0.25) is 0 Å². The Morgan fingerprint density at radius 1 is 0.931 bits per heavy atom. The highest BCUT2D eigenvalue weighted by Crippen LogP contribution is 2.23. The molecule has 0 saturated heterocycles. The van der Waals surface area contributed by atoms with E-state index in [1.54, 1.807) is 6.08 Å². The largest absolute Gasteiger partial charge is 0.489 e. The van der Waals surface area contributed by atoms with Crippen LogP contribution in [0.2, 0.25) is 0 Å². The van der Waals surface area contributed by atoms with Crippen LogP contribution in [0.4, 0.5) is 11.4 Å². The van der Waals surface area contributed by atoms with Gasteiger partial charge in [0, 0.05) is 16.8 Å². The van der Waals surface area contributed by atoms with E-state index in [1.165, 1.54) is 7.11 Å². The lowest BCUT2D eigenvalue weighted by atomic mass is 9.90. The van der Waals surface area contributed by atoms with Crippen molar-refractivity contribution in [1.82, 2.24) is 0 Å². The highest BCUT2D eigenvalue weighted by atomic mass is 35.5. The molecule has 2 aromatic rings. The molecule has 29 heavy (non-hydrogen) atoms. The Morgan fingerprint density at radius 3 is 1.90 bits per heavy atom. The summed E-state index contributed by atoms with van der Waals surface area (Å²) in [6.07, 6.45) is 1.59. The Hall–Kier alpha value is -2.37. The predicted octanol–water partition coefficient (Wildman–Crippen LogP) is 6.56. The monoisotopic (exact) mass is 436 g/mol. The quantitative estimate of drug-likeness (QED) is 0.357. The lowest BCUT2D eigenvalue weighted by Gasteiger charge is -2.20. The van der Waals surface area contributed by atoms with Crippen molar-refractivity contribution in [3.05, 3.63) is 59.1 Å². The van der Waals surface area contributed by atoms with Crippen molar-refractivity contribution in [1.29, 1.82) is 0 Å². The fraction of sp³-hybridized carbons (Fsp3) is 0.318. The molecule has 2 aromatic carbocycles. The second kappa shape index (κ2) is 11.0. The van der Waals surface area contributed by atoms with Gasteiger partial charge in [-0.25, -0.2) is 0 Å². The van der Waals surface area contributed by atoms with Crippen LogP contribution in [0.25, 0.3) is 0 Å². The van der Waals surface area contributed by atoms with E-state index in [0.717, 1.165) is 28.6 Å². The van der Waals surface area contributed by atoms with Crippen LogP contribution in [-0.4, -0.2) is 26.0 Å². The van der Waals surface area contributed by atoms with Gasteiger partial charge in [0.15, 0.2) is 0 Å². The standard InChI is InChI=1S/C22H26Cl2N2O3/c1-22(2,3)20(26-27-4)15-29-19-11-7-17(8-12-19)25-16-5-9-18(10-6-16)28-14-13-21(23)24/h5-13,25H,14-15H2,1-4H3. The van der Waals surface area contributed by atoms with Gasteiger partial charge in [0.1, 0.15) is 36.3 Å². The third kappa shape index (κ3) is 8.26. The van der Waals surface area contributed by atoms with E-state index in [0.29, 0.717) is 13.2 Å². The molecule has 0 aliphatic carbocycles. The zero-order valence-electron chi connectivity index (χ0n) is 17.0. The number of hydrogen-bond donors (Lipinski definition) is 1. The molecule has 7 heteroatoms. The number of oxime groups is 1. The fourth-order valence-corrected chi connectivity index (χ4v) is 2.40. The highest BCUT2D eigenvalue weighted by Gasteiger charge is 2.20. The Balaban J connectivity index is 1.90. The molecule has 156 valence electrons. The average molecular weight is 437 g/mol. The van der Waals surface area contributed by atoms with Gasteiger partial charge in [0.05, 0.1) is 5.71 Å². The molecule has 5 nitrogen and oxygen atoms in total. The van der Waals surface area contributed by atoms with Crippen molar-refractivity contribution < 1.29 is 14.3 Å². The van der Waals surface area contributed by atoms with Crippen LogP contribution < -0.4 is 14.8 Å². The number of hydrogen-bond acceptors (Lipinski definition) is 5. The number of nitrogens with one attached hydrogen (secondary N) is 1. The van der Waals surface area contributed by atoms with Crippen molar-refractivity contribution in [2.75, 3.05) is 25.6 Å². The van der Waals surface area contributed by atoms with Crippen molar-refractivity contribution in [3.63, 3.8) is 0 Å². The summed E-state index contributed by atoms with van der Waals surface area (Å²) in [6, 6.07) is 15.3. The van der Waals surface area contributed by atoms with E-state index in [1.807, 2.05) is 48.5 Å². The van der Waals surface area contributed by atoms with E-state index in [4.69, 9.17) is 37.5 Å². The minimum absolute atomic E-state index is 0.125. The number of benzene rings is 2. The molecule has 0 bridgehead atoms. The molecule has 0 amide bonds. The van der Waals surface area contributed by atoms with Crippen molar-refractivity contribution >= 4 is 40.3 Å². The molecule has 0 fully saturated rings. The summed E-state index contributed by atoms with van der Waals surface area (Å²) < 4.78 is 11.6. The maximum absolute atomic E-state index is 5.84. The Kier molecular flexibility index (Phi) is 8.68. The lowest BCUT2D eigenvalue weighted by Crippen LogP contribution is -2.27. The van der Waals surface area contributed by atoms with Gasteiger partial charge in [-0.1, -0.05) is 49.1 Å². The van der Waals surface area contributed by atoms with Crippen LogP contribution >= 0.6 is 23.2 Å². The van der Waals surface area contributed by atoms with Gasteiger partial charge in [-0.15, -0.1) is 0 Å². The summed E-state index contributed by atoms with van der Waals surface area (Å²) in [5, 5.41) is 7.40. The van der Waals surface area contributed by atoms with Gasteiger partial charge in [-0.3, -0.25) is 0 Å². The average Bonchev–Trinajstić information content (AvgIpc) is 2.66. The molecule has 0 aliphatic rings. The van der Waals surface area contributed by atoms with Crippen LogP contribution in [0.15, 0.2) is 64.3 Å². The predicted molar refractivity (Wildman–Crippen MR) is 121 cm³/mol. The topological polar surface area (TPSA) is 52.1 Å². The number of anilines is 2. The smallest absolute Gasteiger partial charge is 0.130 e. The molecular weight excluding hydrogens is 411 g/mol. The lowest BCUT2D eigenvalue weighted by molar-refractivity contribution is 0.204. The molecule has 0 radical (unpaired) electrons. The third-order valence-electron chi connectivity index (χ3n) is 3.93. The summed E-state index contributed by atoms with van der Waals surface area (Å²) in [4.78, 5) is 4.92. The number of nitrogens with zero attached hydrogens (tertiary/aromatic N) is 1. The second-order valence-corrected chi connectivity index (χ2v) is 8.25.